The molecule has 0 radical (unpaired) electrons. The smallest absolute Gasteiger partial charge is 0.306 e. The van der Waals surface area contributed by atoms with Crippen LogP contribution < -0.4 is 0 Å². The van der Waals surface area contributed by atoms with Crippen LogP contribution in [0.2, 0.25) is 0 Å². The molecule has 0 rings (SSSR count). The molecular weight excluding hydrogens is 781 g/mol. The zero-order valence-electron chi connectivity index (χ0n) is 43.2. The summed E-state index contributed by atoms with van der Waals surface area (Å²) in [6.45, 7) is 11.4. The van der Waals surface area contributed by atoms with Crippen molar-refractivity contribution in [3.05, 3.63) is 0 Å². The molecule has 0 bridgehead atoms. The fourth-order valence-corrected chi connectivity index (χ4v) is 8.63. The van der Waals surface area contributed by atoms with Crippen LogP contribution in [-0.4, -0.2) is 37.2 Å². The average molecular weight is 892 g/mol. The highest BCUT2D eigenvalue weighted by Gasteiger charge is 2.19. The van der Waals surface area contributed by atoms with E-state index in [9.17, 15) is 14.4 Å². The lowest BCUT2D eigenvalue weighted by molar-refractivity contribution is -0.167. The molecule has 0 spiro atoms. The quantitative estimate of drug-likeness (QED) is 0.0344. The van der Waals surface area contributed by atoms with E-state index in [2.05, 4.69) is 34.6 Å². The fraction of sp³-hybridized carbons (Fsp3) is 0.947. The second-order valence-corrected chi connectivity index (χ2v) is 20.1. The van der Waals surface area contributed by atoms with Crippen LogP contribution in [0.1, 0.15) is 317 Å². The average Bonchev–Trinajstić information content (AvgIpc) is 3.28. The third-order valence-corrected chi connectivity index (χ3v) is 13.7. The normalized spacial score (nSPS) is 12.9. The molecule has 0 heterocycles. The van der Waals surface area contributed by atoms with Crippen LogP contribution in [0.5, 0.6) is 0 Å². The van der Waals surface area contributed by atoms with Crippen LogP contribution in [0.3, 0.4) is 0 Å². The van der Waals surface area contributed by atoms with E-state index in [0.717, 1.165) is 69.6 Å². The van der Waals surface area contributed by atoms with Crippen molar-refractivity contribution in [1.82, 2.24) is 0 Å². The Kier molecular flexibility index (Phi) is 48.6. The molecule has 0 saturated heterocycles. The Hall–Kier alpha value is -1.59. The van der Waals surface area contributed by atoms with Gasteiger partial charge in [-0.25, -0.2) is 0 Å². The first-order valence-electron chi connectivity index (χ1n) is 28.3. The minimum absolute atomic E-state index is 0.0632. The molecule has 0 N–H and O–H groups in total. The van der Waals surface area contributed by atoms with E-state index in [4.69, 9.17) is 14.2 Å². The van der Waals surface area contributed by atoms with E-state index in [1.54, 1.807) is 0 Å². The van der Waals surface area contributed by atoms with Gasteiger partial charge in [-0.05, 0) is 31.1 Å². The van der Waals surface area contributed by atoms with Crippen molar-refractivity contribution in [3.63, 3.8) is 0 Å². The summed E-state index contributed by atoms with van der Waals surface area (Å²) in [7, 11) is 0. The fourth-order valence-electron chi connectivity index (χ4n) is 8.63. The molecule has 0 aromatic heterocycles. The lowest BCUT2D eigenvalue weighted by Crippen LogP contribution is -2.30. The van der Waals surface area contributed by atoms with Crippen LogP contribution in [-0.2, 0) is 28.6 Å². The number of carbonyl (C=O) groups excluding carboxylic acids is 3. The number of ether oxygens (including phenoxy) is 3. The molecule has 0 aromatic rings. The van der Waals surface area contributed by atoms with Gasteiger partial charge in [0.1, 0.15) is 13.2 Å². The molecule has 0 aromatic carbocycles. The number of carbonyl (C=O) groups is 3. The number of hydrogen-bond donors (Lipinski definition) is 0. The van der Waals surface area contributed by atoms with E-state index in [-0.39, 0.29) is 31.1 Å². The Morgan fingerprint density at radius 1 is 0.317 bits per heavy atom. The van der Waals surface area contributed by atoms with Crippen molar-refractivity contribution in [2.75, 3.05) is 13.2 Å². The summed E-state index contributed by atoms with van der Waals surface area (Å²) in [6, 6.07) is 0. The maximum absolute atomic E-state index is 12.8. The minimum Gasteiger partial charge on any atom is -0.462 e. The Morgan fingerprint density at radius 3 is 0.825 bits per heavy atom. The Balaban J connectivity index is 4.29. The first-order chi connectivity index (χ1) is 30.8. The summed E-state index contributed by atoms with van der Waals surface area (Å²) >= 11 is 0. The van der Waals surface area contributed by atoms with Crippen LogP contribution in [0.4, 0.5) is 0 Å². The molecule has 0 aliphatic carbocycles. The predicted molar refractivity (Wildman–Crippen MR) is 270 cm³/mol. The lowest BCUT2D eigenvalue weighted by Gasteiger charge is -2.18. The first kappa shape index (κ1) is 61.4. The van der Waals surface area contributed by atoms with Crippen molar-refractivity contribution in [2.45, 2.75) is 323 Å². The van der Waals surface area contributed by atoms with Crippen molar-refractivity contribution < 1.29 is 28.6 Å². The SMILES string of the molecule is CCCCCCCCCCCCCCCCCC(=O)O[C@H](COC(=O)CCCCCCCCCCCCCCCCC(C)CC)COC(=O)CCCCCCCCCCC(C)CC. The van der Waals surface area contributed by atoms with Gasteiger partial charge in [-0.3, -0.25) is 14.4 Å². The van der Waals surface area contributed by atoms with Crippen LogP contribution in [0.15, 0.2) is 0 Å². The zero-order chi connectivity index (χ0) is 46.1. The second-order valence-electron chi connectivity index (χ2n) is 20.1. The molecule has 0 aliphatic rings. The van der Waals surface area contributed by atoms with E-state index in [1.165, 1.54) is 205 Å². The lowest BCUT2D eigenvalue weighted by atomic mass is 9.99. The molecule has 0 amide bonds. The van der Waals surface area contributed by atoms with Crippen LogP contribution >= 0.6 is 0 Å². The number of unbranched alkanes of at least 4 members (excludes halogenated alkanes) is 34. The van der Waals surface area contributed by atoms with Gasteiger partial charge in [0.2, 0.25) is 0 Å². The molecule has 3 atom stereocenters. The van der Waals surface area contributed by atoms with Gasteiger partial charge in [0.05, 0.1) is 0 Å². The Bertz CT molecular complexity index is 966. The minimum atomic E-state index is -0.762. The Morgan fingerprint density at radius 2 is 0.556 bits per heavy atom. The molecule has 2 unspecified atom stereocenters. The van der Waals surface area contributed by atoms with E-state index >= 15 is 0 Å². The van der Waals surface area contributed by atoms with E-state index in [0.29, 0.717) is 19.3 Å². The molecule has 0 aliphatic heterocycles. The second kappa shape index (κ2) is 49.8. The van der Waals surface area contributed by atoms with Gasteiger partial charge >= 0.3 is 17.9 Å². The third kappa shape index (κ3) is 48.2. The highest BCUT2D eigenvalue weighted by Crippen LogP contribution is 2.19. The molecule has 6 nitrogen and oxygen atoms in total. The zero-order valence-corrected chi connectivity index (χ0v) is 43.2. The van der Waals surface area contributed by atoms with E-state index < -0.39 is 6.10 Å². The number of rotatable bonds is 51. The maximum Gasteiger partial charge on any atom is 0.306 e. The van der Waals surface area contributed by atoms with Gasteiger partial charge in [0, 0.05) is 19.3 Å². The summed E-state index contributed by atoms with van der Waals surface area (Å²) in [6.07, 6.45) is 52.2. The van der Waals surface area contributed by atoms with Gasteiger partial charge in [-0.1, -0.05) is 279 Å². The highest BCUT2D eigenvalue weighted by atomic mass is 16.6. The third-order valence-electron chi connectivity index (χ3n) is 13.7. The Labute approximate surface area is 393 Å². The molecule has 6 heteroatoms. The number of hydrogen-bond acceptors (Lipinski definition) is 6. The maximum atomic E-state index is 12.8. The largest absolute Gasteiger partial charge is 0.462 e. The van der Waals surface area contributed by atoms with Crippen LogP contribution in [0.25, 0.3) is 0 Å². The van der Waals surface area contributed by atoms with Gasteiger partial charge in [-0.15, -0.1) is 0 Å². The van der Waals surface area contributed by atoms with Crippen molar-refractivity contribution >= 4 is 17.9 Å². The van der Waals surface area contributed by atoms with Crippen LogP contribution in [0, 0.1) is 11.8 Å². The van der Waals surface area contributed by atoms with Gasteiger partial charge in [0.15, 0.2) is 6.10 Å². The summed E-state index contributed by atoms with van der Waals surface area (Å²) < 4.78 is 16.9. The summed E-state index contributed by atoms with van der Waals surface area (Å²) in [5.74, 6) is 0.901. The molecule has 63 heavy (non-hydrogen) atoms. The van der Waals surface area contributed by atoms with Gasteiger partial charge in [0.25, 0.3) is 0 Å². The molecule has 0 saturated carbocycles. The topological polar surface area (TPSA) is 78.9 Å². The van der Waals surface area contributed by atoms with Gasteiger partial charge in [-0.2, -0.15) is 0 Å². The standard InChI is InChI=1S/C57H110O6/c1-6-9-10-11-12-13-14-15-16-21-24-27-34-39-44-49-57(60)63-54(51-62-56(59)48-43-38-33-29-28-31-36-41-46-53(5)8-3)50-61-55(58)47-42-37-32-26-23-20-18-17-19-22-25-30-35-40-45-52(4)7-2/h52-54H,6-51H2,1-5H3/t52?,53?,54-/m1/s1. The van der Waals surface area contributed by atoms with E-state index in [1.807, 2.05) is 0 Å². The predicted octanol–water partition coefficient (Wildman–Crippen LogP) is 18.5. The monoisotopic (exact) mass is 891 g/mol. The molecule has 0 fully saturated rings. The summed E-state index contributed by atoms with van der Waals surface area (Å²) in [4.78, 5) is 38.1. The molecule has 374 valence electrons. The van der Waals surface area contributed by atoms with Gasteiger partial charge < -0.3 is 14.2 Å². The molecular formula is C57H110O6. The first-order valence-corrected chi connectivity index (χ1v) is 28.3. The van der Waals surface area contributed by atoms with Crippen molar-refractivity contribution in [3.8, 4) is 0 Å². The highest BCUT2D eigenvalue weighted by molar-refractivity contribution is 5.71. The van der Waals surface area contributed by atoms with Crippen molar-refractivity contribution in [1.29, 1.82) is 0 Å². The summed E-state index contributed by atoms with van der Waals surface area (Å²) in [5, 5.41) is 0. The summed E-state index contributed by atoms with van der Waals surface area (Å²) in [5.41, 5.74) is 0. The number of esters is 3. The van der Waals surface area contributed by atoms with Crippen molar-refractivity contribution in [2.24, 2.45) is 11.8 Å².